The van der Waals surface area contributed by atoms with E-state index in [2.05, 4.69) is 5.32 Å². The SMILES string of the molecule is COc1ccc(OCCNC(=O)CN(c2cc(Cl)ccc2OC)S(=O)(=O)c2ccc(OC)c(OC)c2)cc1. The van der Waals surface area contributed by atoms with Crippen molar-refractivity contribution in [1.29, 1.82) is 0 Å². The van der Waals surface area contributed by atoms with E-state index < -0.39 is 22.5 Å². The van der Waals surface area contributed by atoms with Crippen molar-refractivity contribution in [1.82, 2.24) is 5.32 Å². The molecule has 0 saturated carbocycles. The van der Waals surface area contributed by atoms with Crippen LogP contribution < -0.4 is 33.3 Å². The van der Waals surface area contributed by atoms with E-state index in [1.54, 1.807) is 37.4 Å². The summed E-state index contributed by atoms with van der Waals surface area (Å²) in [7, 11) is 1.52. The molecular formula is C26H29ClN2O8S. The molecule has 0 radical (unpaired) electrons. The van der Waals surface area contributed by atoms with Gasteiger partial charge >= 0.3 is 0 Å². The van der Waals surface area contributed by atoms with Gasteiger partial charge in [-0.15, -0.1) is 0 Å². The van der Waals surface area contributed by atoms with Gasteiger partial charge in [0, 0.05) is 11.1 Å². The zero-order valence-corrected chi connectivity index (χ0v) is 23.0. The van der Waals surface area contributed by atoms with Gasteiger partial charge in [-0.3, -0.25) is 9.10 Å². The van der Waals surface area contributed by atoms with E-state index in [1.807, 2.05) is 0 Å². The highest BCUT2D eigenvalue weighted by molar-refractivity contribution is 7.92. The number of hydrogen-bond acceptors (Lipinski definition) is 8. The molecule has 0 aliphatic rings. The first-order chi connectivity index (χ1) is 18.2. The van der Waals surface area contributed by atoms with Crippen molar-refractivity contribution in [2.24, 2.45) is 0 Å². The molecule has 0 aromatic heterocycles. The van der Waals surface area contributed by atoms with Crippen molar-refractivity contribution in [3.05, 3.63) is 65.7 Å². The Balaban J connectivity index is 1.82. The molecule has 0 bridgehead atoms. The Morgan fingerprint density at radius 3 is 2.08 bits per heavy atom. The number of hydrogen-bond donors (Lipinski definition) is 1. The van der Waals surface area contributed by atoms with Crippen molar-refractivity contribution in [2.75, 3.05) is 52.4 Å². The van der Waals surface area contributed by atoms with E-state index in [1.165, 1.54) is 51.7 Å². The molecule has 0 saturated heterocycles. The highest BCUT2D eigenvalue weighted by atomic mass is 35.5. The number of carbonyl (C=O) groups is 1. The number of carbonyl (C=O) groups excluding carboxylic acids is 1. The molecule has 1 N–H and O–H groups in total. The van der Waals surface area contributed by atoms with Crippen LogP contribution in [0.4, 0.5) is 5.69 Å². The lowest BCUT2D eigenvalue weighted by Crippen LogP contribution is -2.42. The molecule has 0 fully saturated rings. The highest BCUT2D eigenvalue weighted by Crippen LogP contribution is 2.37. The van der Waals surface area contributed by atoms with Gasteiger partial charge in [-0.2, -0.15) is 0 Å². The molecule has 3 aromatic carbocycles. The molecule has 3 aromatic rings. The standard InChI is InChI=1S/C26H29ClN2O8S/c1-33-19-6-8-20(9-7-19)37-14-13-28-26(30)17-29(22-15-18(27)5-11-23(22)34-2)38(31,32)21-10-12-24(35-3)25(16-21)36-4/h5-12,15-16H,13-14,17H2,1-4H3,(H,28,30). The second-order valence-electron chi connectivity index (χ2n) is 7.72. The maximum Gasteiger partial charge on any atom is 0.265 e. The zero-order valence-electron chi connectivity index (χ0n) is 21.4. The predicted octanol–water partition coefficient (Wildman–Crippen LogP) is 3.76. The Labute approximate surface area is 227 Å². The Hall–Kier alpha value is -3.83. The molecule has 0 atom stereocenters. The largest absolute Gasteiger partial charge is 0.497 e. The summed E-state index contributed by atoms with van der Waals surface area (Å²) in [5, 5.41) is 2.94. The number of sulfonamides is 1. The summed E-state index contributed by atoms with van der Waals surface area (Å²) in [5.74, 6) is 1.52. The van der Waals surface area contributed by atoms with Gasteiger partial charge in [-0.1, -0.05) is 11.6 Å². The fourth-order valence-electron chi connectivity index (χ4n) is 3.48. The number of rotatable bonds is 13. The van der Waals surface area contributed by atoms with Gasteiger partial charge in [0.05, 0.1) is 45.6 Å². The Kier molecular flexibility index (Phi) is 9.91. The topological polar surface area (TPSA) is 113 Å². The van der Waals surface area contributed by atoms with Gasteiger partial charge in [-0.05, 0) is 54.6 Å². The third-order valence-electron chi connectivity index (χ3n) is 5.39. The summed E-state index contributed by atoms with van der Waals surface area (Å²) in [4.78, 5) is 12.8. The van der Waals surface area contributed by atoms with Crippen molar-refractivity contribution in [3.8, 4) is 28.7 Å². The Morgan fingerprint density at radius 2 is 1.45 bits per heavy atom. The molecule has 0 aliphatic heterocycles. The number of methoxy groups -OCH3 is 4. The third kappa shape index (κ3) is 6.93. The van der Waals surface area contributed by atoms with Crippen LogP contribution in [-0.4, -0.2) is 62.5 Å². The fraction of sp³-hybridized carbons (Fsp3) is 0.269. The molecule has 0 unspecified atom stereocenters. The van der Waals surface area contributed by atoms with Crippen LogP contribution in [0.2, 0.25) is 5.02 Å². The Bertz CT molecular complexity index is 1350. The summed E-state index contributed by atoms with van der Waals surface area (Å²) < 4.78 is 55.1. The van der Waals surface area contributed by atoms with Crippen LogP contribution in [0.1, 0.15) is 0 Å². The number of amides is 1. The van der Waals surface area contributed by atoms with Crippen molar-refractivity contribution in [3.63, 3.8) is 0 Å². The van der Waals surface area contributed by atoms with Gasteiger partial charge in [0.15, 0.2) is 11.5 Å². The normalized spacial score (nSPS) is 10.9. The molecular weight excluding hydrogens is 536 g/mol. The number of ether oxygens (including phenoxy) is 5. The minimum Gasteiger partial charge on any atom is -0.497 e. The second kappa shape index (κ2) is 13.1. The van der Waals surface area contributed by atoms with Gasteiger partial charge in [-0.25, -0.2) is 8.42 Å². The quantitative estimate of drug-likeness (QED) is 0.312. The first-order valence-electron chi connectivity index (χ1n) is 11.3. The van der Waals surface area contributed by atoms with E-state index in [9.17, 15) is 13.2 Å². The van der Waals surface area contributed by atoms with E-state index in [0.29, 0.717) is 17.2 Å². The first kappa shape index (κ1) is 28.7. The van der Waals surface area contributed by atoms with Gasteiger partial charge in [0.2, 0.25) is 5.91 Å². The van der Waals surface area contributed by atoms with E-state index in [-0.39, 0.29) is 40.3 Å². The molecule has 204 valence electrons. The lowest BCUT2D eigenvalue weighted by atomic mass is 10.3. The maximum absolute atomic E-state index is 13.8. The first-order valence-corrected chi connectivity index (χ1v) is 13.2. The molecule has 0 aliphatic carbocycles. The van der Waals surface area contributed by atoms with Crippen LogP contribution in [0.5, 0.6) is 28.7 Å². The zero-order chi connectivity index (χ0) is 27.7. The average Bonchev–Trinajstić information content (AvgIpc) is 2.93. The van der Waals surface area contributed by atoms with Gasteiger partial charge < -0.3 is 29.0 Å². The number of nitrogens with one attached hydrogen (secondary N) is 1. The number of anilines is 1. The van der Waals surface area contributed by atoms with Gasteiger partial charge in [0.1, 0.15) is 30.4 Å². The highest BCUT2D eigenvalue weighted by Gasteiger charge is 2.30. The lowest BCUT2D eigenvalue weighted by Gasteiger charge is -2.26. The van der Waals surface area contributed by atoms with Crippen LogP contribution in [0.15, 0.2) is 65.6 Å². The number of nitrogens with zero attached hydrogens (tertiary/aromatic N) is 1. The van der Waals surface area contributed by atoms with Crippen LogP contribution in [0.25, 0.3) is 0 Å². The summed E-state index contributed by atoms with van der Waals surface area (Å²) >= 11 is 6.18. The minimum atomic E-state index is -4.28. The van der Waals surface area contributed by atoms with Crippen LogP contribution in [0, 0.1) is 0 Å². The molecule has 0 heterocycles. The van der Waals surface area contributed by atoms with Crippen molar-refractivity contribution in [2.45, 2.75) is 4.90 Å². The molecule has 12 heteroatoms. The summed E-state index contributed by atoms with van der Waals surface area (Å²) in [6.07, 6.45) is 0. The summed E-state index contributed by atoms with van der Waals surface area (Å²) in [5.41, 5.74) is 0.0967. The van der Waals surface area contributed by atoms with Crippen LogP contribution in [0.3, 0.4) is 0 Å². The van der Waals surface area contributed by atoms with Crippen molar-refractivity contribution < 1.29 is 36.9 Å². The number of benzene rings is 3. The van der Waals surface area contributed by atoms with Crippen LogP contribution in [-0.2, 0) is 14.8 Å². The maximum atomic E-state index is 13.8. The number of halogens is 1. The predicted molar refractivity (Wildman–Crippen MR) is 144 cm³/mol. The summed E-state index contributed by atoms with van der Waals surface area (Å²) in [6, 6.07) is 15.6. The molecule has 3 rings (SSSR count). The monoisotopic (exact) mass is 564 g/mol. The van der Waals surface area contributed by atoms with E-state index >= 15 is 0 Å². The average molecular weight is 565 g/mol. The van der Waals surface area contributed by atoms with Crippen LogP contribution >= 0.6 is 11.6 Å². The smallest absolute Gasteiger partial charge is 0.265 e. The molecule has 1 amide bonds. The minimum absolute atomic E-state index is 0.0967. The third-order valence-corrected chi connectivity index (χ3v) is 7.38. The molecule has 10 nitrogen and oxygen atoms in total. The second-order valence-corrected chi connectivity index (χ2v) is 10.0. The van der Waals surface area contributed by atoms with Gasteiger partial charge in [0.25, 0.3) is 10.0 Å². The summed E-state index contributed by atoms with van der Waals surface area (Å²) in [6.45, 7) is -0.237. The van der Waals surface area contributed by atoms with E-state index in [0.717, 1.165) is 4.31 Å². The van der Waals surface area contributed by atoms with Crippen molar-refractivity contribution >= 4 is 33.2 Å². The lowest BCUT2D eigenvalue weighted by molar-refractivity contribution is -0.119. The molecule has 0 spiro atoms. The Morgan fingerprint density at radius 1 is 0.816 bits per heavy atom. The van der Waals surface area contributed by atoms with E-state index in [4.69, 9.17) is 35.3 Å². The fourth-order valence-corrected chi connectivity index (χ4v) is 5.09. The molecule has 38 heavy (non-hydrogen) atoms.